The second-order valence-electron chi connectivity index (χ2n) is 3.83. The van der Waals surface area contributed by atoms with Crippen molar-refractivity contribution in [2.24, 2.45) is 0 Å². The maximum Gasteiger partial charge on any atom is 0.231 e. The van der Waals surface area contributed by atoms with E-state index in [2.05, 4.69) is 15.0 Å². The van der Waals surface area contributed by atoms with Crippen molar-refractivity contribution in [3.05, 3.63) is 10.6 Å². The molecule has 1 unspecified atom stereocenters. The molecule has 0 spiro atoms. The minimum absolute atomic E-state index is 0.000584. The quantitative estimate of drug-likeness (QED) is 0.763. The molecule has 1 fully saturated rings. The number of hydrogen-bond donors (Lipinski definition) is 0. The number of rotatable bonds is 1. The fraction of sp³-hybridized carbons (Fsp3) is 0.625. The molecule has 1 aromatic rings. The Morgan fingerprint density at radius 1 is 1.24 bits per heavy atom. The van der Waals surface area contributed by atoms with Crippen LogP contribution in [0.15, 0.2) is 0 Å². The van der Waals surface area contributed by atoms with E-state index in [9.17, 15) is 8.42 Å². The van der Waals surface area contributed by atoms with Crippen LogP contribution >= 0.6 is 23.2 Å². The van der Waals surface area contributed by atoms with Gasteiger partial charge in [0.2, 0.25) is 16.5 Å². The lowest BCUT2D eigenvalue weighted by Crippen LogP contribution is -2.47. The van der Waals surface area contributed by atoms with Gasteiger partial charge < -0.3 is 4.90 Å². The number of hydrogen-bond acceptors (Lipinski definition) is 6. The molecule has 0 radical (unpaired) electrons. The Hall–Kier alpha value is -0.660. The summed E-state index contributed by atoms with van der Waals surface area (Å²) in [5.41, 5.74) is 0. The molecule has 2 rings (SSSR count). The smallest absolute Gasteiger partial charge is 0.231 e. The lowest BCUT2D eigenvalue weighted by molar-refractivity contribution is 0.564. The minimum Gasteiger partial charge on any atom is -0.336 e. The maximum atomic E-state index is 11.4. The summed E-state index contributed by atoms with van der Waals surface area (Å²) in [5.74, 6) is 0.476. The van der Waals surface area contributed by atoms with Gasteiger partial charge in [-0.3, -0.25) is 0 Å². The van der Waals surface area contributed by atoms with Crippen molar-refractivity contribution in [2.75, 3.05) is 23.0 Å². The number of nitrogens with zero attached hydrogens (tertiary/aromatic N) is 4. The molecule has 0 bridgehead atoms. The highest BCUT2D eigenvalue weighted by Crippen LogP contribution is 2.20. The zero-order valence-corrected chi connectivity index (χ0v) is 11.3. The Labute approximate surface area is 109 Å². The highest BCUT2D eigenvalue weighted by atomic mass is 35.5. The van der Waals surface area contributed by atoms with Crippen LogP contribution in [0.25, 0.3) is 0 Å². The molecule has 1 saturated heterocycles. The van der Waals surface area contributed by atoms with Gasteiger partial charge in [0.15, 0.2) is 9.84 Å². The highest BCUT2D eigenvalue weighted by Gasteiger charge is 2.30. The van der Waals surface area contributed by atoms with Gasteiger partial charge in [-0.25, -0.2) is 8.42 Å². The Morgan fingerprint density at radius 2 is 1.82 bits per heavy atom. The predicted octanol–water partition coefficient (Wildman–Crippen LogP) is 0.802. The Morgan fingerprint density at radius 3 is 2.35 bits per heavy atom. The summed E-state index contributed by atoms with van der Waals surface area (Å²) in [4.78, 5) is 13.3. The maximum absolute atomic E-state index is 11.4. The second-order valence-corrected chi connectivity index (χ2v) is 6.74. The third kappa shape index (κ3) is 2.97. The van der Waals surface area contributed by atoms with Crippen molar-refractivity contribution in [3.63, 3.8) is 0 Å². The van der Waals surface area contributed by atoms with E-state index in [0.29, 0.717) is 12.5 Å². The SMILES string of the molecule is CC1CS(=O)(=O)CCN1c1nc(Cl)nc(Cl)n1. The van der Waals surface area contributed by atoms with Gasteiger partial charge in [-0.1, -0.05) is 0 Å². The molecule has 6 nitrogen and oxygen atoms in total. The summed E-state index contributed by atoms with van der Waals surface area (Å²) in [6.45, 7) is 2.13. The van der Waals surface area contributed by atoms with Gasteiger partial charge in [0.1, 0.15) is 0 Å². The lowest BCUT2D eigenvalue weighted by atomic mass is 10.3. The molecule has 2 heterocycles. The van der Waals surface area contributed by atoms with Gasteiger partial charge in [-0.05, 0) is 30.1 Å². The summed E-state index contributed by atoms with van der Waals surface area (Å²) >= 11 is 11.4. The van der Waals surface area contributed by atoms with Crippen LogP contribution in [0.2, 0.25) is 10.6 Å². The van der Waals surface area contributed by atoms with Crippen LogP contribution in [0.4, 0.5) is 5.95 Å². The van der Waals surface area contributed by atoms with Gasteiger partial charge in [0.05, 0.1) is 11.5 Å². The van der Waals surface area contributed by atoms with Crippen molar-refractivity contribution < 1.29 is 8.42 Å². The van der Waals surface area contributed by atoms with Gasteiger partial charge in [0, 0.05) is 12.6 Å². The van der Waals surface area contributed by atoms with Crippen molar-refractivity contribution in [2.45, 2.75) is 13.0 Å². The van der Waals surface area contributed by atoms with Crippen molar-refractivity contribution in [3.8, 4) is 0 Å². The first-order valence-electron chi connectivity index (χ1n) is 4.91. The Kier molecular flexibility index (Phi) is 3.42. The molecular weight excluding hydrogens is 287 g/mol. The van der Waals surface area contributed by atoms with E-state index in [1.54, 1.807) is 11.8 Å². The van der Waals surface area contributed by atoms with E-state index < -0.39 is 9.84 Å². The van der Waals surface area contributed by atoms with Crippen LogP contribution in [-0.2, 0) is 9.84 Å². The lowest BCUT2D eigenvalue weighted by Gasteiger charge is -2.32. The Balaban J connectivity index is 2.29. The molecule has 1 aliphatic heterocycles. The van der Waals surface area contributed by atoms with E-state index in [1.165, 1.54) is 0 Å². The van der Waals surface area contributed by atoms with Crippen LogP contribution in [-0.4, -0.2) is 47.5 Å². The van der Waals surface area contributed by atoms with E-state index in [1.807, 2.05) is 0 Å². The van der Waals surface area contributed by atoms with Crippen LogP contribution in [0, 0.1) is 0 Å². The monoisotopic (exact) mass is 296 g/mol. The van der Waals surface area contributed by atoms with Crippen LogP contribution in [0.3, 0.4) is 0 Å². The molecule has 1 atom stereocenters. The first kappa shape index (κ1) is 12.8. The van der Waals surface area contributed by atoms with Crippen molar-refractivity contribution >= 4 is 39.0 Å². The Bertz CT molecular complexity index is 516. The number of aromatic nitrogens is 3. The number of sulfone groups is 1. The fourth-order valence-corrected chi connectivity index (χ4v) is 3.65. The number of anilines is 1. The predicted molar refractivity (Wildman–Crippen MR) is 65.3 cm³/mol. The summed E-state index contributed by atoms with van der Waals surface area (Å²) in [5, 5.41) is 0.00117. The van der Waals surface area contributed by atoms with E-state index >= 15 is 0 Å². The zero-order valence-electron chi connectivity index (χ0n) is 8.97. The summed E-state index contributed by atoms with van der Waals surface area (Å²) in [6.07, 6.45) is 0. The van der Waals surface area contributed by atoms with E-state index in [-0.39, 0.29) is 28.1 Å². The average Bonchev–Trinajstić information content (AvgIpc) is 2.13. The third-order valence-electron chi connectivity index (χ3n) is 2.50. The van der Waals surface area contributed by atoms with E-state index in [0.717, 1.165) is 0 Å². The standard InChI is InChI=1S/C8H10Cl2N4O2S/c1-5-4-17(15,16)3-2-14(5)8-12-6(9)11-7(10)13-8/h5H,2-4H2,1H3. The van der Waals surface area contributed by atoms with Gasteiger partial charge in [-0.15, -0.1) is 0 Å². The molecule has 0 amide bonds. The van der Waals surface area contributed by atoms with E-state index in [4.69, 9.17) is 23.2 Å². The van der Waals surface area contributed by atoms with Gasteiger partial charge >= 0.3 is 0 Å². The van der Waals surface area contributed by atoms with Crippen molar-refractivity contribution in [1.82, 2.24) is 15.0 Å². The topological polar surface area (TPSA) is 76.1 Å². The van der Waals surface area contributed by atoms with Crippen LogP contribution in [0.5, 0.6) is 0 Å². The summed E-state index contributed by atoms with van der Waals surface area (Å²) in [6, 6.07) is -0.205. The molecule has 94 valence electrons. The molecule has 1 aromatic heterocycles. The van der Waals surface area contributed by atoms with Crippen LogP contribution < -0.4 is 4.90 Å². The van der Waals surface area contributed by atoms with Gasteiger partial charge in [-0.2, -0.15) is 15.0 Å². The normalized spacial score (nSPS) is 23.7. The zero-order chi connectivity index (χ0) is 12.6. The third-order valence-corrected chi connectivity index (χ3v) is 4.63. The van der Waals surface area contributed by atoms with Crippen molar-refractivity contribution in [1.29, 1.82) is 0 Å². The van der Waals surface area contributed by atoms with Crippen LogP contribution in [0.1, 0.15) is 6.92 Å². The summed E-state index contributed by atoms with van der Waals surface area (Å²) in [7, 11) is -2.97. The molecule has 0 aliphatic carbocycles. The second kappa shape index (κ2) is 4.55. The highest BCUT2D eigenvalue weighted by molar-refractivity contribution is 7.91. The molecule has 9 heteroatoms. The average molecular weight is 297 g/mol. The molecule has 17 heavy (non-hydrogen) atoms. The molecule has 1 aliphatic rings. The summed E-state index contributed by atoms with van der Waals surface area (Å²) < 4.78 is 22.9. The first-order chi connectivity index (χ1) is 7.87. The molecule has 0 aromatic carbocycles. The molecule has 0 N–H and O–H groups in total. The fourth-order valence-electron chi connectivity index (χ4n) is 1.74. The molecular formula is C8H10Cl2N4O2S. The van der Waals surface area contributed by atoms with Gasteiger partial charge in [0.25, 0.3) is 0 Å². The first-order valence-corrected chi connectivity index (χ1v) is 7.49. The minimum atomic E-state index is -2.97. The largest absolute Gasteiger partial charge is 0.336 e. The molecule has 0 saturated carbocycles. The number of halogens is 2.